The second-order valence-corrected chi connectivity index (χ2v) is 6.83. The first-order valence-electron chi connectivity index (χ1n) is 6.82. The number of benzene rings is 2. The van der Waals surface area contributed by atoms with Crippen molar-refractivity contribution in [2.45, 2.75) is 18.7 Å². The highest BCUT2D eigenvalue weighted by Gasteiger charge is 2.19. The SMILES string of the molecule is COc1ccc(S(=O)(=O)Nc2ccc(C)cc2C)cc1C(N)=O. The van der Waals surface area contributed by atoms with E-state index in [1.165, 1.54) is 25.3 Å². The monoisotopic (exact) mass is 334 g/mol. The van der Waals surface area contributed by atoms with Crippen molar-refractivity contribution in [2.24, 2.45) is 5.73 Å². The van der Waals surface area contributed by atoms with Crippen molar-refractivity contribution in [2.75, 3.05) is 11.8 Å². The van der Waals surface area contributed by atoms with Crippen LogP contribution < -0.4 is 15.2 Å². The van der Waals surface area contributed by atoms with Gasteiger partial charge in [0.05, 0.1) is 23.3 Å². The number of primary amides is 1. The van der Waals surface area contributed by atoms with E-state index in [0.29, 0.717) is 5.69 Å². The number of rotatable bonds is 5. The molecule has 0 bridgehead atoms. The minimum atomic E-state index is -3.84. The van der Waals surface area contributed by atoms with Crippen LogP contribution in [0.3, 0.4) is 0 Å². The lowest BCUT2D eigenvalue weighted by molar-refractivity contribution is 0.0997. The molecule has 0 aromatic heterocycles. The molecule has 0 unspecified atom stereocenters. The maximum absolute atomic E-state index is 12.5. The molecule has 6 nitrogen and oxygen atoms in total. The van der Waals surface area contributed by atoms with Crippen molar-refractivity contribution in [1.82, 2.24) is 0 Å². The minimum absolute atomic E-state index is 0.0102. The molecule has 0 aliphatic heterocycles. The van der Waals surface area contributed by atoms with Gasteiger partial charge in [-0.3, -0.25) is 9.52 Å². The molecule has 2 aromatic carbocycles. The summed E-state index contributed by atoms with van der Waals surface area (Å²) in [5.41, 5.74) is 7.59. The van der Waals surface area contributed by atoms with Crippen molar-refractivity contribution in [3.05, 3.63) is 53.1 Å². The summed E-state index contributed by atoms with van der Waals surface area (Å²) in [7, 11) is -2.46. The number of carbonyl (C=O) groups is 1. The predicted molar refractivity (Wildman–Crippen MR) is 88.2 cm³/mol. The number of sulfonamides is 1. The van der Waals surface area contributed by atoms with Crippen LogP contribution in [-0.4, -0.2) is 21.4 Å². The summed E-state index contributed by atoms with van der Waals surface area (Å²) < 4.78 is 32.5. The van der Waals surface area contributed by atoms with E-state index in [1.54, 1.807) is 6.07 Å². The van der Waals surface area contributed by atoms with E-state index in [1.807, 2.05) is 26.0 Å². The molecule has 2 aromatic rings. The topological polar surface area (TPSA) is 98.5 Å². The van der Waals surface area contributed by atoms with E-state index < -0.39 is 15.9 Å². The third kappa shape index (κ3) is 3.62. The number of methoxy groups -OCH3 is 1. The van der Waals surface area contributed by atoms with E-state index in [4.69, 9.17) is 10.5 Å². The second kappa shape index (κ2) is 6.29. The largest absolute Gasteiger partial charge is 0.496 e. The van der Waals surface area contributed by atoms with Crippen molar-refractivity contribution in [3.63, 3.8) is 0 Å². The first kappa shape index (κ1) is 16.8. The lowest BCUT2D eigenvalue weighted by Crippen LogP contribution is -2.17. The summed E-state index contributed by atoms with van der Waals surface area (Å²) in [6.45, 7) is 3.74. The van der Waals surface area contributed by atoms with Crippen LogP contribution in [0.2, 0.25) is 0 Å². The summed E-state index contributed by atoms with van der Waals surface area (Å²) >= 11 is 0. The molecule has 0 saturated carbocycles. The van der Waals surface area contributed by atoms with E-state index in [2.05, 4.69) is 4.72 Å². The van der Waals surface area contributed by atoms with Crippen LogP contribution in [0, 0.1) is 13.8 Å². The number of aryl methyl sites for hydroxylation is 2. The van der Waals surface area contributed by atoms with E-state index in [0.717, 1.165) is 11.1 Å². The summed E-state index contributed by atoms with van der Waals surface area (Å²) in [5, 5.41) is 0. The zero-order valence-electron chi connectivity index (χ0n) is 13.1. The first-order valence-corrected chi connectivity index (χ1v) is 8.31. The maximum atomic E-state index is 12.5. The molecule has 0 aliphatic rings. The number of hydrogen-bond donors (Lipinski definition) is 2. The van der Waals surface area contributed by atoms with E-state index in [9.17, 15) is 13.2 Å². The molecule has 2 rings (SSSR count). The zero-order valence-corrected chi connectivity index (χ0v) is 13.9. The molecule has 0 spiro atoms. The minimum Gasteiger partial charge on any atom is -0.496 e. The Morgan fingerprint density at radius 1 is 1.13 bits per heavy atom. The number of hydrogen-bond acceptors (Lipinski definition) is 4. The number of nitrogens with two attached hydrogens (primary N) is 1. The van der Waals surface area contributed by atoms with Gasteiger partial charge in [0.1, 0.15) is 5.75 Å². The Hall–Kier alpha value is -2.54. The van der Waals surface area contributed by atoms with E-state index >= 15 is 0 Å². The van der Waals surface area contributed by atoms with Crippen LogP contribution in [-0.2, 0) is 10.0 Å². The smallest absolute Gasteiger partial charge is 0.261 e. The quantitative estimate of drug-likeness (QED) is 0.876. The lowest BCUT2D eigenvalue weighted by atomic mass is 10.1. The Morgan fingerprint density at radius 3 is 2.39 bits per heavy atom. The fourth-order valence-corrected chi connectivity index (χ4v) is 3.34. The predicted octanol–water partition coefficient (Wildman–Crippen LogP) is 2.21. The molecule has 0 radical (unpaired) electrons. The highest BCUT2D eigenvalue weighted by molar-refractivity contribution is 7.92. The highest BCUT2D eigenvalue weighted by Crippen LogP contribution is 2.25. The Morgan fingerprint density at radius 2 is 1.83 bits per heavy atom. The van der Waals surface area contributed by atoms with Gasteiger partial charge in [0, 0.05) is 0 Å². The summed E-state index contributed by atoms with van der Waals surface area (Å²) in [6, 6.07) is 9.34. The van der Waals surface area contributed by atoms with Gasteiger partial charge < -0.3 is 10.5 Å². The molecule has 3 N–H and O–H groups in total. The van der Waals surface area contributed by atoms with Crippen LogP contribution in [0.15, 0.2) is 41.3 Å². The molecule has 0 heterocycles. The summed E-state index contributed by atoms with van der Waals surface area (Å²) in [4.78, 5) is 11.4. The molecule has 7 heteroatoms. The zero-order chi connectivity index (χ0) is 17.2. The molecule has 122 valence electrons. The van der Waals surface area contributed by atoms with Crippen LogP contribution in [0.25, 0.3) is 0 Å². The van der Waals surface area contributed by atoms with Gasteiger partial charge in [0.2, 0.25) is 0 Å². The van der Waals surface area contributed by atoms with Crippen molar-refractivity contribution in [1.29, 1.82) is 0 Å². The number of ether oxygens (including phenoxy) is 1. The third-order valence-electron chi connectivity index (χ3n) is 3.37. The molecule has 0 fully saturated rings. The van der Waals surface area contributed by atoms with Gasteiger partial charge in [0.15, 0.2) is 0 Å². The number of carbonyl (C=O) groups excluding carboxylic acids is 1. The summed E-state index contributed by atoms with van der Waals surface area (Å²) in [5.74, 6) is -0.534. The van der Waals surface area contributed by atoms with Crippen molar-refractivity contribution >= 4 is 21.6 Å². The van der Waals surface area contributed by atoms with Gasteiger partial charge >= 0.3 is 0 Å². The third-order valence-corrected chi connectivity index (χ3v) is 4.74. The van der Waals surface area contributed by atoms with Gasteiger partial charge in [-0.25, -0.2) is 8.42 Å². The number of anilines is 1. The van der Waals surface area contributed by atoms with Crippen molar-refractivity contribution < 1.29 is 17.9 Å². The molecule has 0 aliphatic carbocycles. The van der Waals surface area contributed by atoms with Gasteiger partial charge in [0.25, 0.3) is 15.9 Å². The lowest BCUT2D eigenvalue weighted by Gasteiger charge is -2.13. The maximum Gasteiger partial charge on any atom is 0.261 e. The van der Waals surface area contributed by atoms with Crippen LogP contribution in [0.4, 0.5) is 5.69 Å². The fraction of sp³-hybridized carbons (Fsp3) is 0.188. The Labute approximate surface area is 135 Å². The molecular formula is C16H18N2O4S. The van der Waals surface area contributed by atoms with Crippen LogP contribution >= 0.6 is 0 Å². The van der Waals surface area contributed by atoms with Crippen LogP contribution in [0.1, 0.15) is 21.5 Å². The average molecular weight is 334 g/mol. The van der Waals surface area contributed by atoms with Gasteiger partial charge in [-0.2, -0.15) is 0 Å². The van der Waals surface area contributed by atoms with E-state index in [-0.39, 0.29) is 16.2 Å². The summed E-state index contributed by atoms with van der Waals surface area (Å²) in [6.07, 6.45) is 0. The second-order valence-electron chi connectivity index (χ2n) is 5.15. The van der Waals surface area contributed by atoms with Gasteiger partial charge in [-0.05, 0) is 43.7 Å². The average Bonchev–Trinajstić information content (AvgIpc) is 2.49. The molecule has 0 saturated heterocycles. The Kier molecular flexibility index (Phi) is 4.60. The fourth-order valence-electron chi connectivity index (χ4n) is 2.18. The highest BCUT2D eigenvalue weighted by atomic mass is 32.2. The molecule has 1 amide bonds. The molecule has 0 atom stereocenters. The van der Waals surface area contributed by atoms with Crippen molar-refractivity contribution in [3.8, 4) is 5.75 Å². The molecule has 23 heavy (non-hydrogen) atoms. The molecular weight excluding hydrogens is 316 g/mol. The number of nitrogens with one attached hydrogen (secondary N) is 1. The van der Waals surface area contributed by atoms with Crippen LogP contribution in [0.5, 0.6) is 5.75 Å². The Bertz CT molecular complexity index is 860. The standard InChI is InChI=1S/C16H18N2O4S/c1-10-4-6-14(11(2)8-10)18-23(20,21)12-5-7-15(22-3)13(9-12)16(17)19/h4-9,18H,1-3H3,(H2,17,19). The number of amides is 1. The first-order chi connectivity index (χ1) is 10.7. The Balaban J connectivity index is 2.43. The van der Waals surface area contributed by atoms with Gasteiger partial charge in [-0.15, -0.1) is 0 Å². The normalized spacial score (nSPS) is 11.1. The van der Waals surface area contributed by atoms with Gasteiger partial charge in [-0.1, -0.05) is 17.7 Å².